The average molecular weight is 331 g/mol. The number of nitrogens with zero attached hydrogens (tertiary/aromatic N) is 3. The van der Waals surface area contributed by atoms with Gasteiger partial charge in [0.25, 0.3) is 5.91 Å². The number of amides is 1. The van der Waals surface area contributed by atoms with E-state index in [1.165, 1.54) is 7.11 Å². The minimum atomic E-state index is -0.265. The first-order chi connectivity index (χ1) is 11.1. The molecular formula is C16H15ClN4O2. The third-order valence-corrected chi connectivity index (χ3v) is 3.72. The van der Waals surface area contributed by atoms with Crippen LogP contribution in [-0.2, 0) is 6.54 Å². The number of rotatable bonds is 4. The molecule has 23 heavy (non-hydrogen) atoms. The van der Waals surface area contributed by atoms with Crippen molar-refractivity contribution >= 4 is 34.2 Å². The van der Waals surface area contributed by atoms with E-state index >= 15 is 0 Å². The summed E-state index contributed by atoms with van der Waals surface area (Å²) >= 11 is 5.97. The third-order valence-electron chi connectivity index (χ3n) is 3.49. The van der Waals surface area contributed by atoms with Crippen molar-refractivity contribution in [2.45, 2.75) is 13.5 Å². The number of halogens is 1. The predicted octanol–water partition coefficient (Wildman–Crippen LogP) is 3.37. The number of benzene rings is 2. The highest BCUT2D eigenvalue weighted by atomic mass is 35.5. The fourth-order valence-electron chi connectivity index (χ4n) is 2.32. The molecule has 0 saturated heterocycles. The first kappa shape index (κ1) is 15.3. The molecule has 0 bridgehead atoms. The van der Waals surface area contributed by atoms with Gasteiger partial charge in [-0.2, -0.15) is 0 Å². The Hall–Kier alpha value is -2.60. The molecule has 0 aliphatic heterocycles. The van der Waals surface area contributed by atoms with Gasteiger partial charge in [-0.3, -0.25) is 4.79 Å². The minimum Gasteiger partial charge on any atom is -0.495 e. The number of hydrogen-bond donors (Lipinski definition) is 1. The maximum absolute atomic E-state index is 12.4. The summed E-state index contributed by atoms with van der Waals surface area (Å²) in [6.45, 7) is 2.71. The minimum absolute atomic E-state index is 0.265. The molecule has 118 valence electrons. The Kier molecular flexibility index (Phi) is 4.16. The second-order valence-corrected chi connectivity index (χ2v) is 5.34. The lowest BCUT2D eigenvalue weighted by molar-refractivity contribution is 0.102. The van der Waals surface area contributed by atoms with Crippen molar-refractivity contribution in [2.24, 2.45) is 0 Å². The van der Waals surface area contributed by atoms with Gasteiger partial charge in [-0.1, -0.05) is 16.8 Å². The summed E-state index contributed by atoms with van der Waals surface area (Å²) in [6.07, 6.45) is 0. The highest BCUT2D eigenvalue weighted by Crippen LogP contribution is 2.28. The van der Waals surface area contributed by atoms with Gasteiger partial charge in [-0.15, -0.1) is 5.10 Å². The molecule has 1 heterocycles. The zero-order chi connectivity index (χ0) is 16.4. The van der Waals surface area contributed by atoms with Gasteiger partial charge in [0.1, 0.15) is 11.3 Å². The molecule has 0 unspecified atom stereocenters. The van der Waals surface area contributed by atoms with Crippen molar-refractivity contribution in [3.63, 3.8) is 0 Å². The highest BCUT2D eigenvalue weighted by Gasteiger charge is 2.12. The molecule has 3 rings (SSSR count). The molecule has 0 saturated carbocycles. The number of aromatic nitrogens is 3. The summed E-state index contributed by atoms with van der Waals surface area (Å²) < 4.78 is 7.00. The summed E-state index contributed by atoms with van der Waals surface area (Å²) in [4.78, 5) is 12.4. The van der Waals surface area contributed by atoms with Crippen molar-refractivity contribution in [3.8, 4) is 5.75 Å². The number of anilines is 1. The van der Waals surface area contributed by atoms with E-state index in [9.17, 15) is 4.79 Å². The number of hydrogen-bond acceptors (Lipinski definition) is 4. The van der Waals surface area contributed by atoms with Crippen LogP contribution >= 0.6 is 11.6 Å². The van der Waals surface area contributed by atoms with Gasteiger partial charge >= 0.3 is 0 Å². The number of carbonyl (C=O) groups is 1. The van der Waals surface area contributed by atoms with Gasteiger partial charge < -0.3 is 10.1 Å². The average Bonchev–Trinajstić information content (AvgIpc) is 2.97. The van der Waals surface area contributed by atoms with E-state index in [2.05, 4.69) is 15.6 Å². The summed E-state index contributed by atoms with van der Waals surface area (Å²) in [5, 5.41) is 11.4. The van der Waals surface area contributed by atoms with Crippen LogP contribution in [0.3, 0.4) is 0 Å². The van der Waals surface area contributed by atoms with E-state index in [1.54, 1.807) is 35.0 Å². The topological polar surface area (TPSA) is 69.0 Å². The molecule has 1 amide bonds. The zero-order valence-electron chi connectivity index (χ0n) is 12.7. The van der Waals surface area contributed by atoms with E-state index < -0.39 is 0 Å². The monoisotopic (exact) mass is 330 g/mol. The van der Waals surface area contributed by atoms with Crippen LogP contribution in [0.25, 0.3) is 11.0 Å². The molecular weight excluding hydrogens is 316 g/mol. The van der Waals surface area contributed by atoms with Gasteiger partial charge in [-0.25, -0.2) is 4.68 Å². The first-order valence-corrected chi connectivity index (χ1v) is 7.48. The summed E-state index contributed by atoms with van der Waals surface area (Å²) in [5.41, 5.74) is 2.58. The zero-order valence-corrected chi connectivity index (χ0v) is 13.5. The van der Waals surface area contributed by atoms with E-state index in [0.29, 0.717) is 27.5 Å². The largest absolute Gasteiger partial charge is 0.495 e. The van der Waals surface area contributed by atoms with Crippen LogP contribution in [0.4, 0.5) is 5.69 Å². The van der Waals surface area contributed by atoms with Crippen LogP contribution in [0, 0.1) is 0 Å². The number of ether oxygens (including phenoxy) is 1. The standard InChI is InChI=1S/C16H15ClN4O2/c1-3-21-14-6-4-10(8-12(14)19-20-21)16(22)18-13-9-11(17)5-7-15(13)23-2/h4-9H,3H2,1-2H3,(H,18,22). The van der Waals surface area contributed by atoms with Crippen LogP contribution < -0.4 is 10.1 Å². The normalized spacial score (nSPS) is 10.7. The Morgan fingerprint density at radius 2 is 2.13 bits per heavy atom. The fourth-order valence-corrected chi connectivity index (χ4v) is 2.49. The summed E-state index contributed by atoms with van der Waals surface area (Å²) in [7, 11) is 1.54. The van der Waals surface area contributed by atoms with E-state index in [-0.39, 0.29) is 5.91 Å². The fraction of sp³-hybridized carbons (Fsp3) is 0.188. The van der Waals surface area contributed by atoms with Crippen LogP contribution in [0.1, 0.15) is 17.3 Å². The SMILES string of the molecule is CCn1nnc2cc(C(=O)Nc3cc(Cl)ccc3OC)ccc21. The van der Waals surface area contributed by atoms with Crippen molar-refractivity contribution in [1.82, 2.24) is 15.0 Å². The number of methoxy groups -OCH3 is 1. The van der Waals surface area contributed by atoms with Crippen molar-refractivity contribution in [2.75, 3.05) is 12.4 Å². The van der Waals surface area contributed by atoms with Crippen molar-refractivity contribution in [3.05, 3.63) is 47.0 Å². The van der Waals surface area contributed by atoms with Crippen molar-refractivity contribution in [1.29, 1.82) is 0 Å². The predicted molar refractivity (Wildman–Crippen MR) is 89.2 cm³/mol. The van der Waals surface area contributed by atoms with Crippen LogP contribution in [0.5, 0.6) is 5.75 Å². The molecule has 0 aliphatic carbocycles. The van der Waals surface area contributed by atoms with Gasteiger partial charge in [0, 0.05) is 17.1 Å². The Labute approximate surface area is 138 Å². The Balaban J connectivity index is 1.90. The quantitative estimate of drug-likeness (QED) is 0.796. The van der Waals surface area contributed by atoms with Crippen LogP contribution in [-0.4, -0.2) is 28.0 Å². The third kappa shape index (κ3) is 2.98. The molecule has 7 heteroatoms. The second kappa shape index (κ2) is 6.26. The van der Waals surface area contributed by atoms with Crippen LogP contribution in [0.2, 0.25) is 5.02 Å². The number of fused-ring (bicyclic) bond motifs is 1. The molecule has 0 atom stereocenters. The molecule has 2 aromatic carbocycles. The number of aryl methyl sites for hydroxylation is 1. The molecule has 0 fully saturated rings. The maximum Gasteiger partial charge on any atom is 0.255 e. The smallest absolute Gasteiger partial charge is 0.255 e. The van der Waals surface area contributed by atoms with Crippen molar-refractivity contribution < 1.29 is 9.53 Å². The Morgan fingerprint density at radius 3 is 2.87 bits per heavy atom. The van der Waals surface area contributed by atoms with E-state index in [0.717, 1.165) is 12.1 Å². The molecule has 1 aromatic heterocycles. The second-order valence-electron chi connectivity index (χ2n) is 4.91. The Bertz CT molecular complexity index is 876. The molecule has 0 aliphatic rings. The van der Waals surface area contributed by atoms with E-state index in [1.807, 2.05) is 13.0 Å². The molecule has 0 spiro atoms. The molecule has 1 N–H and O–H groups in total. The molecule has 6 nitrogen and oxygen atoms in total. The lowest BCUT2D eigenvalue weighted by atomic mass is 10.1. The van der Waals surface area contributed by atoms with Gasteiger partial charge in [-0.05, 0) is 43.3 Å². The lowest BCUT2D eigenvalue weighted by Crippen LogP contribution is -2.12. The lowest BCUT2D eigenvalue weighted by Gasteiger charge is -2.10. The first-order valence-electron chi connectivity index (χ1n) is 7.10. The molecule has 0 radical (unpaired) electrons. The molecule has 3 aromatic rings. The number of carbonyl (C=O) groups excluding carboxylic acids is 1. The van der Waals surface area contributed by atoms with Gasteiger partial charge in [0.15, 0.2) is 0 Å². The van der Waals surface area contributed by atoms with Crippen LogP contribution in [0.15, 0.2) is 36.4 Å². The summed E-state index contributed by atoms with van der Waals surface area (Å²) in [6, 6.07) is 10.3. The maximum atomic E-state index is 12.4. The summed E-state index contributed by atoms with van der Waals surface area (Å²) in [5.74, 6) is 0.277. The highest BCUT2D eigenvalue weighted by molar-refractivity contribution is 6.31. The van der Waals surface area contributed by atoms with Gasteiger partial charge in [0.2, 0.25) is 0 Å². The number of nitrogens with one attached hydrogen (secondary N) is 1. The van der Waals surface area contributed by atoms with E-state index in [4.69, 9.17) is 16.3 Å². The Morgan fingerprint density at radius 1 is 1.30 bits per heavy atom. The van der Waals surface area contributed by atoms with Gasteiger partial charge in [0.05, 0.1) is 18.3 Å².